The Morgan fingerprint density at radius 1 is 1.06 bits per heavy atom. The zero-order valence-corrected chi connectivity index (χ0v) is 17.9. The standard InChI is InChI=1S/C24H26N2O5/c1-15-4-6-16(7-5-15)21-20(23(28)24(29)26(21)11-10-25(2)3)22(27)17-8-9-18-19(14-17)31-13-12-30-18/h4-9,14,21,27H,10-13H2,1-3H3/b22-20+. The number of ether oxygens (including phenoxy) is 2. The molecule has 2 aliphatic heterocycles. The number of carbonyl (C=O) groups is 2. The van der Waals surface area contributed by atoms with Gasteiger partial charge >= 0.3 is 0 Å². The number of benzene rings is 2. The van der Waals surface area contributed by atoms with Gasteiger partial charge in [0.25, 0.3) is 11.7 Å². The average Bonchev–Trinajstić information content (AvgIpc) is 3.02. The van der Waals surface area contributed by atoms with Crippen molar-refractivity contribution in [2.75, 3.05) is 40.4 Å². The first-order chi connectivity index (χ1) is 14.9. The van der Waals surface area contributed by atoms with E-state index in [0.717, 1.165) is 11.1 Å². The van der Waals surface area contributed by atoms with Crippen LogP contribution in [0.2, 0.25) is 0 Å². The number of ketones is 1. The van der Waals surface area contributed by atoms with Crippen molar-refractivity contribution in [3.05, 3.63) is 64.7 Å². The topological polar surface area (TPSA) is 79.3 Å². The highest BCUT2D eigenvalue weighted by atomic mass is 16.6. The third-order valence-electron chi connectivity index (χ3n) is 5.54. The second-order valence-corrected chi connectivity index (χ2v) is 8.06. The lowest BCUT2D eigenvalue weighted by Crippen LogP contribution is -2.35. The molecule has 1 atom stereocenters. The first-order valence-electron chi connectivity index (χ1n) is 10.3. The summed E-state index contributed by atoms with van der Waals surface area (Å²) in [5, 5.41) is 11.2. The Hall–Kier alpha value is -3.32. The van der Waals surface area contributed by atoms with E-state index >= 15 is 0 Å². The molecule has 31 heavy (non-hydrogen) atoms. The number of likely N-dealkylation sites (N-methyl/N-ethyl adjacent to an activating group) is 1. The van der Waals surface area contributed by atoms with Crippen LogP contribution in [0.4, 0.5) is 0 Å². The minimum absolute atomic E-state index is 0.0873. The zero-order valence-electron chi connectivity index (χ0n) is 17.9. The van der Waals surface area contributed by atoms with E-state index in [1.807, 2.05) is 50.2 Å². The van der Waals surface area contributed by atoms with Crippen LogP contribution in [-0.2, 0) is 9.59 Å². The highest BCUT2D eigenvalue weighted by Gasteiger charge is 2.45. The van der Waals surface area contributed by atoms with Crippen molar-refractivity contribution < 1.29 is 24.2 Å². The van der Waals surface area contributed by atoms with Crippen LogP contribution < -0.4 is 9.47 Å². The Labute approximate surface area is 181 Å². The van der Waals surface area contributed by atoms with Crippen LogP contribution in [0.1, 0.15) is 22.7 Å². The summed E-state index contributed by atoms with van der Waals surface area (Å²) in [6.07, 6.45) is 0. The van der Waals surface area contributed by atoms with Crippen LogP contribution in [-0.4, -0.2) is 67.0 Å². The molecular weight excluding hydrogens is 396 g/mol. The molecule has 1 saturated heterocycles. The predicted molar refractivity (Wildman–Crippen MR) is 116 cm³/mol. The first kappa shape index (κ1) is 20.9. The average molecular weight is 422 g/mol. The number of hydrogen-bond donors (Lipinski definition) is 1. The fourth-order valence-electron chi connectivity index (χ4n) is 3.86. The fourth-order valence-corrected chi connectivity index (χ4v) is 3.86. The van der Waals surface area contributed by atoms with Crippen LogP contribution >= 0.6 is 0 Å². The van der Waals surface area contributed by atoms with E-state index < -0.39 is 17.7 Å². The molecule has 2 aromatic carbocycles. The molecule has 1 N–H and O–H groups in total. The van der Waals surface area contributed by atoms with E-state index in [9.17, 15) is 14.7 Å². The highest BCUT2D eigenvalue weighted by molar-refractivity contribution is 6.46. The second kappa shape index (κ2) is 8.43. The van der Waals surface area contributed by atoms with E-state index in [0.29, 0.717) is 43.4 Å². The van der Waals surface area contributed by atoms with E-state index in [2.05, 4.69) is 0 Å². The monoisotopic (exact) mass is 422 g/mol. The van der Waals surface area contributed by atoms with Crippen LogP contribution in [0, 0.1) is 6.92 Å². The summed E-state index contributed by atoms with van der Waals surface area (Å²) >= 11 is 0. The number of rotatable bonds is 5. The molecule has 2 aromatic rings. The molecule has 2 heterocycles. The molecule has 2 aliphatic rings. The number of aryl methyl sites for hydroxylation is 1. The molecule has 7 heteroatoms. The molecule has 0 saturated carbocycles. The van der Waals surface area contributed by atoms with Crippen LogP contribution in [0.15, 0.2) is 48.0 Å². The Bertz CT molecular complexity index is 1040. The summed E-state index contributed by atoms with van der Waals surface area (Å²) in [6.45, 7) is 3.81. The third-order valence-corrected chi connectivity index (χ3v) is 5.54. The molecule has 162 valence electrons. The largest absolute Gasteiger partial charge is 0.507 e. The maximum Gasteiger partial charge on any atom is 0.295 e. The van der Waals surface area contributed by atoms with Gasteiger partial charge in [-0.3, -0.25) is 9.59 Å². The van der Waals surface area contributed by atoms with Gasteiger partial charge in [-0.1, -0.05) is 29.8 Å². The zero-order chi connectivity index (χ0) is 22.1. The van der Waals surface area contributed by atoms with Crippen molar-refractivity contribution in [1.29, 1.82) is 0 Å². The number of amides is 1. The number of fused-ring (bicyclic) bond motifs is 1. The molecule has 0 bridgehead atoms. The smallest absolute Gasteiger partial charge is 0.295 e. The minimum atomic E-state index is -0.684. The molecule has 0 aliphatic carbocycles. The van der Waals surface area contributed by atoms with Crippen molar-refractivity contribution in [2.45, 2.75) is 13.0 Å². The fraction of sp³-hybridized carbons (Fsp3) is 0.333. The quantitative estimate of drug-likeness (QED) is 0.454. The molecule has 0 spiro atoms. The van der Waals surface area contributed by atoms with Crippen molar-refractivity contribution in [3.8, 4) is 11.5 Å². The number of aliphatic hydroxyl groups is 1. The highest BCUT2D eigenvalue weighted by Crippen LogP contribution is 2.41. The molecule has 0 aromatic heterocycles. The summed E-state index contributed by atoms with van der Waals surface area (Å²) < 4.78 is 11.1. The number of Topliss-reactive ketones (excluding diaryl/α,β-unsaturated/α-hetero) is 1. The summed E-state index contributed by atoms with van der Waals surface area (Å²) in [5.41, 5.74) is 2.35. The molecule has 1 amide bonds. The van der Waals surface area contributed by atoms with Gasteiger partial charge in [-0.2, -0.15) is 0 Å². The number of carbonyl (C=O) groups excluding carboxylic acids is 2. The predicted octanol–water partition coefficient (Wildman–Crippen LogP) is 2.75. The van der Waals surface area contributed by atoms with Gasteiger partial charge in [-0.05, 0) is 44.8 Å². The summed E-state index contributed by atoms with van der Waals surface area (Å²) in [7, 11) is 3.82. The van der Waals surface area contributed by atoms with E-state index in [-0.39, 0.29) is 11.3 Å². The summed E-state index contributed by atoms with van der Waals surface area (Å²) in [6, 6.07) is 12.0. The number of nitrogens with zero attached hydrogens (tertiary/aromatic N) is 2. The molecule has 7 nitrogen and oxygen atoms in total. The Kier molecular flexibility index (Phi) is 5.69. The van der Waals surface area contributed by atoms with Gasteiger partial charge in [0, 0.05) is 18.7 Å². The van der Waals surface area contributed by atoms with Crippen molar-refractivity contribution in [2.24, 2.45) is 0 Å². The SMILES string of the molecule is Cc1ccc(C2/C(=C(\O)c3ccc4c(c3)OCCO4)C(=O)C(=O)N2CCN(C)C)cc1. The number of likely N-dealkylation sites (tertiary alicyclic amines) is 1. The van der Waals surface area contributed by atoms with Crippen LogP contribution in [0.25, 0.3) is 5.76 Å². The maximum absolute atomic E-state index is 13.0. The second-order valence-electron chi connectivity index (χ2n) is 8.06. The Balaban J connectivity index is 1.81. The number of aliphatic hydroxyl groups excluding tert-OH is 1. The lowest BCUT2D eigenvalue weighted by Gasteiger charge is -2.26. The third kappa shape index (κ3) is 4.01. The van der Waals surface area contributed by atoms with Crippen LogP contribution in [0.3, 0.4) is 0 Å². The molecule has 0 radical (unpaired) electrons. The van der Waals surface area contributed by atoms with E-state index in [1.54, 1.807) is 18.2 Å². The Morgan fingerprint density at radius 2 is 1.74 bits per heavy atom. The maximum atomic E-state index is 13.0. The summed E-state index contributed by atoms with van der Waals surface area (Å²) in [4.78, 5) is 29.4. The van der Waals surface area contributed by atoms with Crippen LogP contribution in [0.5, 0.6) is 11.5 Å². The molecule has 1 fully saturated rings. The Morgan fingerprint density at radius 3 is 2.42 bits per heavy atom. The van der Waals surface area contributed by atoms with Gasteiger partial charge in [-0.15, -0.1) is 0 Å². The summed E-state index contributed by atoms with van der Waals surface area (Å²) in [5.74, 6) is -0.412. The van der Waals surface area contributed by atoms with E-state index in [1.165, 1.54) is 4.90 Å². The molecular formula is C24H26N2O5. The molecule has 1 unspecified atom stereocenters. The molecule has 4 rings (SSSR count). The number of hydrogen-bond acceptors (Lipinski definition) is 6. The van der Waals surface area contributed by atoms with E-state index in [4.69, 9.17) is 9.47 Å². The first-order valence-corrected chi connectivity index (χ1v) is 10.3. The van der Waals surface area contributed by atoms with Gasteiger partial charge in [-0.25, -0.2) is 0 Å². The van der Waals surface area contributed by atoms with Gasteiger partial charge in [0.05, 0.1) is 11.6 Å². The van der Waals surface area contributed by atoms with Gasteiger partial charge in [0.15, 0.2) is 11.5 Å². The normalized spacial score (nSPS) is 19.9. The lowest BCUT2D eigenvalue weighted by molar-refractivity contribution is -0.140. The van der Waals surface area contributed by atoms with Crippen molar-refractivity contribution in [3.63, 3.8) is 0 Å². The van der Waals surface area contributed by atoms with Crippen molar-refractivity contribution in [1.82, 2.24) is 9.80 Å². The lowest BCUT2D eigenvalue weighted by atomic mass is 9.94. The van der Waals surface area contributed by atoms with Gasteiger partial charge in [0.1, 0.15) is 19.0 Å². The minimum Gasteiger partial charge on any atom is -0.507 e. The van der Waals surface area contributed by atoms with Crippen molar-refractivity contribution >= 4 is 17.4 Å². The van der Waals surface area contributed by atoms with Gasteiger partial charge in [0.2, 0.25) is 0 Å². The van der Waals surface area contributed by atoms with Gasteiger partial charge < -0.3 is 24.4 Å².